The van der Waals surface area contributed by atoms with E-state index in [0.29, 0.717) is 13.1 Å². The summed E-state index contributed by atoms with van der Waals surface area (Å²) in [5, 5.41) is 0. The van der Waals surface area contributed by atoms with Crippen molar-refractivity contribution >= 4 is 11.0 Å². The van der Waals surface area contributed by atoms with Gasteiger partial charge in [0.15, 0.2) is 0 Å². The van der Waals surface area contributed by atoms with Crippen LogP contribution in [0.3, 0.4) is 0 Å². The quantitative estimate of drug-likeness (QED) is 0.624. The van der Waals surface area contributed by atoms with Crippen LogP contribution in [0, 0.1) is 0 Å². The van der Waals surface area contributed by atoms with Crippen LogP contribution in [0.1, 0.15) is 20.8 Å². The highest BCUT2D eigenvalue weighted by atomic mass is 32.2. The van der Waals surface area contributed by atoms with Crippen LogP contribution in [0.5, 0.6) is 0 Å². The Morgan fingerprint density at radius 3 is 1.85 bits per heavy atom. The Bertz CT molecular complexity index is 195. The van der Waals surface area contributed by atoms with Crippen LogP contribution >= 0.6 is 0 Å². The molecule has 0 heterocycles. The molecule has 0 unspecified atom stereocenters. The van der Waals surface area contributed by atoms with Gasteiger partial charge in [-0.15, -0.1) is 13.2 Å². The Morgan fingerprint density at radius 1 is 1.23 bits per heavy atom. The Labute approximate surface area is 83.9 Å². The highest BCUT2D eigenvalue weighted by molar-refractivity contribution is 7.84. The minimum Gasteiger partial charge on any atom is -0.242 e. The van der Waals surface area contributed by atoms with Gasteiger partial charge in [-0.3, -0.25) is 0 Å². The molecule has 76 valence electrons. The fourth-order valence-electron chi connectivity index (χ4n) is 0.885. The van der Waals surface area contributed by atoms with Crippen molar-refractivity contribution in [1.82, 2.24) is 4.31 Å². The average molecular weight is 201 g/mol. The molecule has 0 aromatic heterocycles. The minimum atomic E-state index is -0.984. The Kier molecular flexibility index (Phi) is 5.18. The van der Waals surface area contributed by atoms with Gasteiger partial charge < -0.3 is 0 Å². The first-order chi connectivity index (χ1) is 5.93. The van der Waals surface area contributed by atoms with Crippen molar-refractivity contribution < 1.29 is 4.21 Å². The number of nitrogens with zero attached hydrogens (tertiary/aromatic N) is 1. The summed E-state index contributed by atoms with van der Waals surface area (Å²) in [5.41, 5.74) is 0. The van der Waals surface area contributed by atoms with Crippen molar-refractivity contribution in [3.63, 3.8) is 0 Å². The standard InChI is InChI=1S/C10H19NOS/c1-6-8-11(9-7-2)13(12)10(3,4)5/h6-7H,1-2,8-9H2,3-5H3/t13-/m1/s1. The van der Waals surface area contributed by atoms with Crippen LogP contribution in [-0.4, -0.2) is 26.4 Å². The third-order valence-electron chi connectivity index (χ3n) is 1.42. The van der Waals surface area contributed by atoms with E-state index in [1.54, 1.807) is 12.2 Å². The predicted octanol–water partition coefficient (Wildman–Crippen LogP) is 2.12. The Balaban J connectivity index is 4.44. The maximum Gasteiger partial charge on any atom is 0.100 e. The summed E-state index contributed by atoms with van der Waals surface area (Å²) in [6.07, 6.45) is 3.51. The maximum atomic E-state index is 11.9. The van der Waals surface area contributed by atoms with Gasteiger partial charge in [0.1, 0.15) is 11.0 Å². The summed E-state index contributed by atoms with van der Waals surface area (Å²) in [6, 6.07) is 0. The van der Waals surface area contributed by atoms with Gasteiger partial charge in [-0.1, -0.05) is 12.2 Å². The molecular formula is C10H19NOS. The molecule has 0 aliphatic rings. The summed E-state index contributed by atoms with van der Waals surface area (Å²) in [5.74, 6) is 0. The predicted molar refractivity (Wildman–Crippen MR) is 59.9 cm³/mol. The van der Waals surface area contributed by atoms with Crippen molar-refractivity contribution in [3.05, 3.63) is 25.3 Å². The van der Waals surface area contributed by atoms with Crippen LogP contribution in [0.25, 0.3) is 0 Å². The van der Waals surface area contributed by atoms with Crippen molar-refractivity contribution in [1.29, 1.82) is 0 Å². The lowest BCUT2D eigenvalue weighted by Gasteiger charge is -2.26. The first kappa shape index (κ1) is 12.6. The number of rotatable bonds is 5. The molecule has 0 aliphatic heterocycles. The van der Waals surface area contributed by atoms with Gasteiger partial charge >= 0.3 is 0 Å². The molecule has 0 saturated carbocycles. The van der Waals surface area contributed by atoms with Gasteiger partial charge in [0.25, 0.3) is 0 Å². The number of hydrogen-bond donors (Lipinski definition) is 0. The van der Waals surface area contributed by atoms with Gasteiger partial charge in [0.2, 0.25) is 0 Å². The third kappa shape index (κ3) is 4.39. The van der Waals surface area contributed by atoms with Gasteiger partial charge in [-0.05, 0) is 20.8 Å². The lowest BCUT2D eigenvalue weighted by molar-refractivity contribution is 0.508. The zero-order valence-corrected chi connectivity index (χ0v) is 9.56. The first-order valence-corrected chi connectivity index (χ1v) is 5.43. The zero-order valence-electron chi connectivity index (χ0n) is 8.75. The Hall–Kier alpha value is -0.410. The SMILES string of the molecule is C=CCN(CC=C)[S@](=O)C(C)(C)C. The average Bonchev–Trinajstić information content (AvgIpc) is 2.01. The summed E-state index contributed by atoms with van der Waals surface area (Å²) in [4.78, 5) is 0. The summed E-state index contributed by atoms with van der Waals surface area (Å²) in [6.45, 7) is 14.4. The van der Waals surface area contributed by atoms with E-state index >= 15 is 0 Å². The molecule has 0 N–H and O–H groups in total. The molecule has 0 spiro atoms. The van der Waals surface area contributed by atoms with E-state index in [4.69, 9.17) is 0 Å². The van der Waals surface area contributed by atoms with E-state index in [1.165, 1.54) is 0 Å². The van der Waals surface area contributed by atoms with Gasteiger partial charge in [-0.25, -0.2) is 8.51 Å². The van der Waals surface area contributed by atoms with Crippen molar-refractivity contribution in [2.45, 2.75) is 25.5 Å². The smallest absolute Gasteiger partial charge is 0.100 e. The second-order valence-corrected chi connectivity index (χ2v) is 6.03. The molecule has 0 amide bonds. The highest BCUT2D eigenvalue weighted by Crippen LogP contribution is 2.15. The summed E-state index contributed by atoms with van der Waals surface area (Å²) >= 11 is 0. The van der Waals surface area contributed by atoms with Crippen molar-refractivity contribution in [2.75, 3.05) is 13.1 Å². The van der Waals surface area contributed by atoms with E-state index in [0.717, 1.165) is 0 Å². The van der Waals surface area contributed by atoms with Gasteiger partial charge in [0, 0.05) is 13.1 Å². The van der Waals surface area contributed by atoms with Crippen LogP contribution in [0.2, 0.25) is 0 Å². The van der Waals surface area contributed by atoms with Gasteiger partial charge in [-0.2, -0.15) is 0 Å². The van der Waals surface area contributed by atoms with E-state index in [-0.39, 0.29) is 4.75 Å². The van der Waals surface area contributed by atoms with Crippen LogP contribution in [0.15, 0.2) is 25.3 Å². The van der Waals surface area contributed by atoms with Crippen LogP contribution < -0.4 is 0 Å². The molecule has 0 saturated heterocycles. The minimum absolute atomic E-state index is 0.216. The lowest BCUT2D eigenvalue weighted by Crippen LogP contribution is -2.37. The number of hydrogen-bond acceptors (Lipinski definition) is 1. The van der Waals surface area contributed by atoms with Crippen LogP contribution in [-0.2, 0) is 11.0 Å². The fraction of sp³-hybridized carbons (Fsp3) is 0.600. The molecular weight excluding hydrogens is 182 g/mol. The fourth-order valence-corrected chi connectivity index (χ4v) is 2.14. The summed E-state index contributed by atoms with van der Waals surface area (Å²) in [7, 11) is -0.984. The maximum absolute atomic E-state index is 11.9. The monoisotopic (exact) mass is 201 g/mol. The van der Waals surface area contributed by atoms with Crippen molar-refractivity contribution in [3.8, 4) is 0 Å². The zero-order chi connectivity index (χ0) is 10.5. The topological polar surface area (TPSA) is 20.3 Å². The molecule has 0 rings (SSSR count). The third-order valence-corrected chi connectivity index (χ3v) is 3.24. The molecule has 0 aliphatic carbocycles. The van der Waals surface area contributed by atoms with Crippen molar-refractivity contribution in [2.24, 2.45) is 0 Å². The Morgan fingerprint density at radius 2 is 1.62 bits per heavy atom. The molecule has 0 bridgehead atoms. The molecule has 0 fully saturated rings. The second kappa shape index (κ2) is 5.35. The molecule has 13 heavy (non-hydrogen) atoms. The molecule has 1 atom stereocenters. The largest absolute Gasteiger partial charge is 0.242 e. The van der Waals surface area contributed by atoms with Crippen LogP contribution in [0.4, 0.5) is 0 Å². The molecule has 3 heteroatoms. The molecule has 0 aromatic carbocycles. The van der Waals surface area contributed by atoms with Gasteiger partial charge in [0.05, 0.1) is 4.75 Å². The first-order valence-electron chi connectivity index (χ1n) is 4.32. The lowest BCUT2D eigenvalue weighted by atomic mass is 10.3. The molecule has 2 nitrogen and oxygen atoms in total. The second-order valence-electron chi connectivity index (χ2n) is 3.79. The summed E-state index contributed by atoms with van der Waals surface area (Å²) < 4.78 is 13.5. The van der Waals surface area contributed by atoms with E-state index in [2.05, 4.69) is 13.2 Å². The normalized spacial score (nSPS) is 14.2. The molecule has 0 aromatic rings. The van der Waals surface area contributed by atoms with E-state index in [1.807, 2.05) is 25.1 Å². The van der Waals surface area contributed by atoms with E-state index < -0.39 is 11.0 Å². The highest BCUT2D eigenvalue weighted by Gasteiger charge is 2.24. The molecule has 0 radical (unpaired) electrons. The van der Waals surface area contributed by atoms with E-state index in [9.17, 15) is 4.21 Å².